The first kappa shape index (κ1) is 18.8. The SMILES string of the molecule is Cc1ccc(-c2c(-c3ccc(C)cc3)c3c(-c4ccccc4)nc4cc(C)cc2n43)cc1. The molecule has 0 saturated carbocycles. The third kappa shape index (κ3) is 2.84. The summed E-state index contributed by atoms with van der Waals surface area (Å²) in [7, 11) is 0. The Labute approximate surface area is 188 Å². The van der Waals surface area contributed by atoms with Gasteiger partial charge < -0.3 is 0 Å². The van der Waals surface area contributed by atoms with Crippen LogP contribution in [-0.2, 0) is 0 Å². The minimum Gasteiger partial charge on any atom is -0.291 e. The van der Waals surface area contributed by atoms with Crippen molar-refractivity contribution in [3.8, 4) is 33.5 Å². The largest absolute Gasteiger partial charge is 0.291 e. The highest BCUT2D eigenvalue weighted by Crippen LogP contribution is 2.46. The lowest BCUT2D eigenvalue weighted by Gasteiger charge is -2.09. The minimum atomic E-state index is 1.00. The fourth-order valence-electron chi connectivity index (χ4n) is 4.78. The summed E-state index contributed by atoms with van der Waals surface area (Å²) in [4.78, 5) is 5.12. The number of hydrogen-bond donors (Lipinski definition) is 0. The van der Waals surface area contributed by atoms with Crippen molar-refractivity contribution >= 4 is 16.7 Å². The highest BCUT2D eigenvalue weighted by Gasteiger charge is 2.25. The number of nitrogens with zero attached hydrogens (tertiary/aromatic N) is 2. The van der Waals surface area contributed by atoms with E-state index in [1.165, 1.54) is 50.0 Å². The van der Waals surface area contributed by atoms with Crippen molar-refractivity contribution in [1.82, 2.24) is 9.38 Å². The first-order chi connectivity index (χ1) is 15.6. The van der Waals surface area contributed by atoms with Crippen molar-refractivity contribution in [2.45, 2.75) is 20.8 Å². The fraction of sp³-hybridized carbons (Fsp3) is 0.100. The van der Waals surface area contributed by atoms with E-state index < -0.39 is 0 Å². The summed E-state index contributed by atoms with van der Waals surface area (Å²) in [5, 5.41) is 0. The van der Waals surface area contributed by atoms with Crippen LogP contribution in [0.3, 0.4) is 0 Å². The molecule has 0 N–H and O–H groups in total. The van der Waals surface area contributed by atoms with Crippen molar-refractivity contribution < 1.29 is 0 Å². The second-order valence-electron chi connectivity index (χ2n) is 8.77. The van der Waals surface area contributed by atoms with Crippen molar-refractivity contribution in [2.75, 3.05) is 0 Å². The van der Waals surface area contributed by atoms with Crippen LogP contribution in [0.1, 0.15) is 16.7 Å². The van der Waals surface area contributed by atoms with E-state index in [4.69, 9.17) is 4.98 Å². The monoisotopic (exact) mass is 412 g/mol. The molecule has 2 heteroatoms. The maximum Gasteiger partial charge on any atom is 0.138 e. The van der Waals surface area contributed by atoms with Gasteiger partial charge in [-0.15, -0.1) is 0 Å². The van der Waals surface area contributed by atoms with Gasteiger partial charge in [0.2, 0.25) is 0 Å². The topological polar surface area (TPSA) is 17.3 Å². The molecule has 0 aliphatic carbocycles. The summed E-state index contributed by atoms with van der Waals surface area (Å²) in [5.74, 6) is 0. The molecule has 32 heavy (non-hydrogen) atoms. The number of aryl methyl sites for hydroxylation is 3. The predicted molar refractivity (Wildman–Crippen MR) is 134 cm³/mol. The van der Waals surface area contributed by atoms with Crippen LogP contribution in [0.15, 0.2) is 91.0 Å². The molecular weight excluding hydrogens is 388 g/mol. The minimum absolute atomic E-state index is 1.00. The summed E-state index contributed by atoms with van der Waals surface area (Å²) in [5.41, 5.74) is 14.3. The summed E-state index contributed by atoms with van der Waals surface area (Å²) in [6, 6.07) is 32.8. The zero-order valence-electron chi connectivity index (χ0n) is 18.6. The molecule has 0 amide bonds. The van der Waals surface area contributed by atoms with E-state index in [0.717, 1.165) is 16.9 Å². The molecule has 0 aliphatic rings. The number of aromatic nitrogens is 2. The molecule has 154 valence electrons. The highest BCUT2D eigenvalue weighted by atomic mass is 15.0. The molecule has 2 nitrogen and oxygen atoms in total. The fourth-order valence-corrected chi connectivity index (χ4v) is 4.78. The highest BCUT2D eigenvalue weighted by molar-refractivity contribution is 6.09. The van der Waals surface area contributed by atoms with E-state index in [1.54, 1.807) is 0 Å². The van der Waals surface area contributed by atoms with Gasteiger partial charge in [-0.25, -0.2) is 4.98 Å². The molecule has 3 aromatic heterocycles. The maximum absolute atomic E-state index is 5.12. The Morgan fingerprint density at radius 3 is 1.78 bits per heavy atom. The quantitative estimate of drug-likeness (QED) is 0.289. The van der Waals surface area contributed by atoms with Crippen LogP contribution in [0.5, 0.6) is 0 Å². The average Bonchev–Trinajstić information content (AvgIpc) is 3.34. The maximum atomic E-state index is 5.12. The van der Waals surface area contributed by atoms with E-state index in [-0.39, 0.29) is 0 Å². The van der Waals surface area contributed by atoms with Gasteiger partial charge in [0.1, 0.15) is 5.65 Å². The van der Waals surface area contributed by atoms with E-state index in [9.17, 15) is 0 Å². The van der Waals surface area contributed by atoms with Crippen LogP contribution in [0.25, 0.3) is 50.2 Å². The molecule has 3 aromatic carbocycles. The summed E-state index contributed by atoms with van der Waals surface area (Å²) >= 11 is 0. The summed E-state index contributed by atoms with van der Waals surface area (Å²) in [6.45, 7) is 6.43. The van der Waals surface area contributed by atoms with E-state index >= 15 is 0 Å². The van der Waals surface area contributed by atoms with E-state index in [0.29, 0.717) is 0 Å². The number of imidazole rings is 1. The lowest BCUT2D eigenvalue weighted by Crippen LogP contribution is -1.87. The van der Waals surface area contributed by atoms with Crippen molar-refractivity contribution in [1.29, 1.82) is 0 Å². The normalized spacial score (nSPS) is 11.6. The smallest absolute Gasteiger partial charge is 0.138 e. The van der Waals surface area contributed by atoms with E-state index in [2.05, 4.69) is 116 Å². The Morgan fingerprint density at radius 1 is 0.562 bits per heavy atom. The lowest BCUT2D eigenvalue weighted by atomic mass is 9.94. The average molecular weight is 413 g/mol. The first-order valence-electron chi connectivity index (χ1n) is 11.1. The van der Waals surface area contributed by atoms with Crippen LogP contribution in [0.4, 0.5) is 0 Å². The van der Waals surface area contributed by atoms with Gasteiger partial charge in [-0.3, -0.25) is 4.40 Å². The van der Waals surface area contributed by atoms with Gasteiger partial charge in [0.05, 0.1) is 16.7 Å². The Bertz CT molecular complexity index is 1550. The van der Waals surface area contributed by atoms with Gasteiger partial charge in [-0.2, -0.15) is 0 Å². The van der Waals surface area contributed by atoms with Gasteiger partial charge >= 0.3 is 0 Å². The molecule has 0 spiro atoms. The van der Waals surface area contributed by atoms with Crippen molar-refractivity contribution in [3.05, 3.63) is 108 Å². The number of benzene rings is 3. The zero-order valence-corrected chi connectivity index (χ0v) is 18.6. The third-order valence-electron chi connectivity index (χ3n) is 6.34. The Hall–Kier alpha value is -3.91. The number of rotatable bonds is 3. The molecule has 0 aliphatic heterocycles. The standard InChI is InChI=1S/C30H24N2/c1-19-9-13-22(14-10-19)27-25-17-21(3)18-26-31-29(24-7-5-4-6-8-24)30(32(25)26)28(27)23-15-11-20(2)12-16-23/h4-18H,1-3H3. The van der Waals surface area contributed by atoms with Crippen LogP contribution in [0.2, 0.25) is 0 Å². The molecular formula is C30H24N2. The molecule has 0 fully saturated rings. The third-order valence-corrected chi connectivity index (χ3v) is 6.34. The van der Waals surface area contributed by atoms with Crippen LogP contribution < -0.4 is 0 Å². The second-order valence-corrected chi connectivity index (χ2v) is 8.77. The molecule has 0 unspecified atom stereocenters. The lowest BCUT2D eigenvalue weighted by molar-refractivity contribution is 1.28. The zero-order chi connectivity index (χ0) is 21.8. The summed E-state index contributed by atoms with van der Waals surface area (Å²) in [6.07, 6.45) is 0. The molecule has 0 saturated heterocycles. The first-order valence-corrected chi connectivity index (χ1v) is 11.1. The Balaban J connectivity index is 1.82. The number of pyridine rings is 1. The van der Waals surface area contributed by atoms with Crippen LogP contribution in [0, 0.1) is 20.8 Å². The summed E-state index contributed by atoms with van der Waals surface area (Å²) < 4.78 is 2.35. The Kier molecular flexibility index (Phi) is 4.16. The van der Waals surface area contributed by atoms with Crippen molar-refractivity contribution in [2.24, 2.45) is 0 Å². The van der Waals surface area contributed by atoms with E-state index in [1.807, 2.05) is 0 Å². The van der Waals surface area contributed by atoms with Gasteiger partial charge in [-0.05, 0) is 49.6 Å². The second kappa shape index (κ2) is 7.06. The van der Waals surface area contributed by atoms with Gasteiger partial charge in [0, 0.05) is 16.7 Å². The number of hydrogen-bond acceptors (Lipinski definition) is 1. The van der Waals surface area contributed by atoms with Gasteiger partial charge in [0.15, 0.2) is 0 Å². The van der Waals surface area contributed by atoms with Gasteiger partial charge in [0.25, 0.3) is 0 Å². The predicted octanol–water partition coefficient (Wildman–Crippen LogP) is 7.85. The molecule has 0 bridgehead atoms. The molecule has 0 atom stereocenters. The van der Waals surface area contributed by atoms with Crippen LogP contribution >= 0.6 is 0 Å². The Morgan fingerprint density at radius 2 is 1.16 bits per heavy atom. The van der Waals surface area contributed by atoms with Crippen molar-refractivity contribution in [3.63, 3.8) is 0 Å². The van der Waals surface area contributed by atoms with Gasteiger partial charge in [-0.1, -0.05) is 90.0 Å². The molecule has 6 aromatic rings. The molecule has 0 radical (unpaired) electrons. The molecule has 6 rings (SSSR count). The molecule has 3 heterocycles. The van der Waals surface area contributed by atoms with Crippen LogP contribution in [-0.4, -0.2) is 9.38 Å².